The molecule has 0 bridgehead atoms. The van der Waals surface area contributed by atoms with Gasteiger partial charge >= 0.3 is 0 Å². The van der Waals surface area contributed by atoms with Gasteiger partial charge in [-0.2, -0.15) is 0 Å². The van der Waals surface area contributed by atoms with Crippen LogP contribution >= 0.6 is 0 Å². The molecule has 0 unspecified atom stereocenters. The first-order valence-electron chi connectivity index (χ1n) is 11.0. The highest BCUT2D eigenvalue weighted by Crippen LogP contribution is 2.21. The van der Waals surface area contributed by atoms with Gasteiger partial charge in [0.15, 0.2) is 0 Å². The van der Waals surface area contributed by atoms with Crippen LogP contribution in [0.25, 0.3) is 0 Å². The minimum Gasteiger partial charge on any atom is -0.491 e. The zero-order valence-corrected chi connectivity index (χ0v) is 18.1. The van der Waals surface area contributed by atoms with Crippen molar-refractivity contribution in [3.8, 4) is 5.75 Å². The number of carbonyl (C=O) groups excluding carboxylic acids is 2. The Morgan fingerprint density at radius 3 is 2.42 bits per heavy atom. The second-order valence-corrected chi connectivity index (χ2v) is 8.29. The smallest absolute Gasteiger partial charge is 0.254 e. The topological polar surface area (TPSA) is 59.1 Å². The van der Waals surface area contributed by atoms with Crippen LogP contribution in [-0.4, -0.2) is 67.1 Å². The van der Waals surface area contributed by atoms with Crippen molar-refractivity contribution in [2.24, 2.45) is 0 Å². The minimum atomic E-state index is 0.0264. The summed E-state index contributed by atoms with van der Waals surface area (Å²) >= 11 is 0. The normalized spacial score (nSPS) is 18.8. The summed E-state index contributed by atoms with van der Waals surface area (Å²) in [6.45, 7) is 5.74. The summed E-state index contributed by atoms with van der Waals surface area (Å²) in [4.78, 5) is 29.1. The Morgan fingerprint density at radius 1 is 1.00 bits per heavy atom. The number of rotatable bonds is 6. The van der Waals surface area contributed by atoms with E-state index in [1.807, 2.05) is 65.3 Å². The SMILES string of the molecule is Cc1ccc(CC(=O)N2CCC[C@@H]2COc2ccc(C(=O)N3CCOCC3)cc2)cc1. The summed E-state index contributed by atoms with van der Waals surface area (Å²) in [6, 6.07) is 15.5. The van der Waals surface area contributed by atoms with Gasteiger partial charge in [0.25, 0.3) is 5.91 Å². The van der Waals surface area contributed by atoms with Crippen LogP contribution in [0.15, 0.2) is 48.5 Å². The van der Waals surface area contributed by atoms with Crippen LogP contribution in [0, 0.1) is 6.92 Å². The predicted octanol–water partition coefficient (Wildman–Crippen LogP) is 3.08. The van der Waals surface area contributed by atoms with Crippen LogP contribution in [0.3, 0.4) is 0 Å². The summed E-state index contributed by atoms with van der Waals surface area (Å²) in [6.07, 6.45) is 2.38. The van der Waals surface area contributed by atoms with E-state index in [9.17, 15) is 9.59 Å². The Hall–Kier alpha value is -2.86. The lowest BCUT2D eigenvalue weighted by Crippen LogP contribution is -2.40. The van der Waals surface area contributed by atoms with Crippen LogP contribution in [0.1, 0.15) is 34.3 Å². The van der Waals surface area contributed by atoms with Crippen molar-refractivity contribution in [2.45, 2.75) is 32.2 Å². The molecule has 6 heteroatoms. The van der Waals surface area contributed by atoms with Crippen molar-refractivity contribution in [3.05, 3.63) is 65.2 Å². The van der Waals surface area contributed by atoms with Crippen molar-refractivity contribution in [2.75, 3.05) is 39.5 Å². The Kier molecular flexibility index (Phi) is 6.87. The second-order valence-electron chi connectivity index (χ2n) is 8.29. The van der Waals surface area contributed by atoms with Crippen LogP contribution in [0.4, 0.5) is 0 Å². The lowest BCUT2D eigenvalue weighted by molar-refractivity contribution is -0.131. The van der Waals surface area contributed by atoms with Gasteiger partial charge in [0.2, 0.25) is 5.91 Å². The first-order chi connectivity index (χ1) is 15.1. The number of ether oxygens (including phenoxy) is 2. The highest BCUT2D eigenvalue weighted by atomic mass is 16.5. The monoisotopic (exact) mass is 422 g/mol. The van der Waals surface area contributed by atoms with Crippen LogP contribution in [0.2, 0.25) is 0 Å². The third-order valence-electron chi connectivity index (χ3n) is 6.02. The van der Waals surface area contributed by atoms with Gasteiger partial charge in [-0.05, 0) is 49.6 Å². The Balaban J connectivity index is 1.30. The molecule has 0 N–H and O–H groups in total. The maximum Gasteiger partial charge on any atom is 0.254 e. The van der Waals surface area contributed by atoms with Crippen LogP contribution < -0.4 is 4.74 Å². The summed E-state index contributed by atoms with van der Waals surface area (Å²) < 4.78 is 11.3. The largest absolute Gasteiger partial charge is 0.491 e. The average Bonchev–Trinajstić information content (AvgIpc) is 3.28. The zero-order chi connectivity index (χ0) is 21.6. The molecular formula is C25H30N2O4. The molecule has 2 aromatic rings. The highest BCUT2D eigenvalue weighted by molar-refractivity contribution is 5.94. The van der Waals surface area contributed by atoms with Gasteiger partial charge in [-0.25, -0.2) is 0 Å². The van der Waals surface area contributed by atoms with E-state index in [1.54, 1.807) is 0 Å². The molecule has 164 valence electrons. The number of benzene rings is 2. The van der Waals surface area contributed by atoms with Gasteiger partial charge in [0.1, 0.15) is 12.4 Å². The van der Waals surface area contributed by atoms with E-state index in [2.05, 4.69) is 0 Å². The van der Waals surface area contributed by atoms with E-state index >= 15 is 0 Å². The molecule has 2 aliphatic rings. The predicted molar refractivity (Wildman–Crippen MR) is 118 cm³/mol. The molecule has 2 amide bonds. The van der Waals surface area contributed by atoms with E-state index in [-0.39, 0.29) is 17.9 Å². The van der Waals surface area contributed by atoms with Gasteiger partial charge in [0.05, 0.1) is 25.7 Å². The number of nitrogens with zero attached hydrogens (tertiary/aromatic N) is 2. The number of aryl methyl sites for hydroxylation is 1. The molecule has 6 nitrogen and oxygen atoms in total. The molecule has 2 fully saturated rings. The first-order valence-corrected chi connectivity index (χ1v) is 11.0. The summed E-state index contributed by atoms with van der Waals surface area (Å²) in [7, 11) is 0. The molecular weight excluding hydrogens is 392 g/mol. The van der Waals surface area contributed by atoms with Crippen molar-refractivity contribution in [1.82, 2.24) is 9.80 Å². The van der Waals surface area contributed by atoms with Crippen molar-refractivity contribution in [1.29, 1.82) is 0 Å². The van der Waals surface area contributed by atoms with E-state index in [0.717, 1.165) is 30.7 Å². The molecule has 0 saturated carbocycles. The number of likely N-dealkylation sites (tertiary alicyclic amines) is 1. The van der Waals surface area contributed by atoms with Crippen molar-refractivity contribution >= 4 is 11.8 Å². The highest BCUT2D eigenvalue weighted by Gasteiger charge is 2.29. The lowest BCUT2D eigenvalue weighted by atomic mass is 10.1. The molecule has 2 aliphatic heterocycles. The third kappa shape index (κ3) is 5.44. The van der Waals surface area contributed by atoms with E-state index in [0.29, 0.717) is 44.9 Å². The molecule has 2 aromatic carbocycles. The number of hydrogen-bond acceptors (Lipinski definition) is 4. The Bertz CT molecular complexity index is 889. The van der Waals surface area contributed by atoms with Gasteiger partial charge in [0, 0.05) is 25.2 Å². The summed E-state index contributed by atoms with van der Waals surface area (Å²) in [5.74, 6) is 0.899. The molecule has 0 radical (unpaired) electrons. The molecule has 31 heavy (non-hydrogen) atoms. The van der Waals surface area contributed by atoms with Crippen molar-refractivity contribution in [3.63, 3.8) is 0 Å². The molecule has 2 saturated heterocycles. The van der Waals surface area contributed by atoms with Crippen molar-refractivity contribution < 1.29 is 19.1 Å². The molecule has 0 aromatic heterocycles. The molecule has 0 aliphatic carbocycles. The average molecular weight is 423 g/mol. The molecule has 4 rings (SSSR count). The van der Waals surface area contributed by atoms with Gasteiger partial charge in [-0.15, -0.1) is 0 Å². The lowest BCUT2D eigenvalue weighted by Gasteiger charge is -2.27. The van der Waals surface area contributed by atoms with Gasteiger partial charge < -0.3 is 19.3 Å². The maximum atomic E-state index is 12.8. The third-order valence-corrected chi connectivity index (χ3v) is 6.02. The molecule has 0 spiro atoms. The number of hydrogen-bond donors (Lipinski definition) is 0. The maximum absolute atomic E-state index is 12.8. The molecule has 2 heterocycles. The van der Waals surface area contributed by atoms with Crippen LogP contribution in [-0.2, 0) is 16.0 Å². The van der Waals surface area contributed by atoms with E-state index in [1.165, 1.54) is 5.56 Å². The molecule has 1 atom stereocenters. The fraction of sp³-hybridized carbons (Fsp3) is 0.440. The van der Waals surface area contributed by atoms with Gasteiger partial charge in [-0.1, -0.05) is 29.8 Å². The van der Waals surface area contributed by atoms with E-state index < -0.39 is 0 Å². The zero-order valence-electron chi connectivity index (χ0n) is 18.1. The quantitative estimate of drug-likeness (QED) is 0.718. The van der Waals surface area contributed by atoms with Gasteiger partial charge in [-0.3, -0.25) is 9.59 Å². The Morgan fingerprint density at radius 2 is 1.71 bits per heavy atom. The minimum absolute atomic E-state index is 0.0264. The number of morpholine rings is 1. The van der Waals surface area contributed by atoms with E-state index in [4.69, 9.17) is 9.47 Å². The Labute approximate surface area is 183 Å². The number of amides is 2. The first kappa shape index (κ1) is 21.4. The second kappa shape index (κ2) is 9.96. The fourth-order valence-electron chi connectivity index (χ4n) is 4.15. The number of carbonyl (C=O) groups is 2. The standard InChI is InChI=1S/C25H30N2O4/c1-19-4-6-20(7-5-19)17-24(28)27-12-2-3-22(27)18-31-23-10-8-21(9-11-23)25(29)26-13-15-30-16-14-26/h4-11,22H,2-3,12-18H2,1H3/t22-/m1/s1. The summed E-state index contributed by atoms with van der Waals surface area (Å²) in [5, 5.41) is 0. The van der Waals surface area contributed by atoms with Crippen LogP contribution in [0.5, 0.6) is 5.75 Å². The fourth-order valence-corrected chi connectivity index (χ4v) is 4.15. The summed E-state index contributed by atoms with van der Waals surface area (Å²) in [5.41, 5.74) is 2.90.